The van der Waals surface area contributed by atoms with E-state index in [0.717, 1.165) is 48.8 Å². The van der Waals surface area contributed by atoms with E-state index in [1.54, 1.807) is 11.3 Å². The molecule has 0 bridgehead atoms. The smallest absolute Gasteiger partial charge is 0.177 e. The minimum Gasteiger partial charge on any atom is -0.392 e. The zero-order valence-corrected chi connectivity index (χ0v) is 10.9. The van der Waals surface area contributed by atoms with Crippen molar-refractivity contribution in [3.8, 4) is 10.6 Å². The molecule has 5 heteroatoms. The van der Waals surface area contributed by atoms with Crippen molar-refractivity contribution < 1.29 is 9.63 Å². The molecule has 4 nitrogen and oxygen atoms in total. The van der Waals surface area contributed by atoms with E-state index in [2.05, 4.69) is 10.1 Å². The molecule has 0 saturated carbocycles. The van der Waals surface area contributed by atoms with E-state index in [0.29, 0.717) is 0 Å². The Labute approximate surface area is 110 Å². The van der Waals surface area contributed by atoms with Crippen LogP contribution in [0.1, 0.15) is 18.5 Å². The van der Waals surface area contributed by atoms with Crippen LogP contribution in [0.5, 0.6) is 0 Å². The van der Waals surface area contributed by atoms with Crippen LogP contribution in [0.2, 0.25) is 0 Å². The van der Waals surface area contributed by atoms with Gasteiger partial charge in [0.1, 0.15) is 0 Å². The molecule has 3 rings (SSSR count). The van der Waals surface area contributed by atoms with Gasteiger partial charge in [0, 0.05) is 19.2 Å². The van der Waals surface area contributed by atoms with Crippen LogP contribution < -0.4 is 0 Å². The lowest BCUT2D eigenvalue weighted by molar-refractivity contribution is 0.0657. The molecule has 1 saturated heterocycles. The molecule has 1 aliphatic heterocycles. The standard InChI is InChI=1S/C13H16N2O2S/c16-11-3-1-5-15(9-11)8-10-7-12(17-14-10)13-4-2-6-18-13/h2,4,6-7,11,16H,1,3,5,8-9H2/t11-/m1/s1. The number of thiophene rings is 1. The van der Waals surface area contributed by atoms with Gasteiger partial charge in [-0.05, 0) is 30.8 Å². The van der Waals surface area contributed by atoms with Crippen molar-refractivity contribution >= 4 is 11.3 Å². The first-order valence-electron chi connectivity index (χ1n) is 6.21. The average molecular weight is 264 g/mol. The Bertz CT molecular complexity index is 495. The highest BCUT2D eigenvalue weighted by Gasteiger charge is 2.19. The van der Waals surface area contributed by atoms with E-state index >= 15 is 0 Å². The maximum atomic E-state index is 9.63. The zero-order chi connectivity index (χ0) is 12.4. The third kappa shape index (κ3) is 2.63. The molecular weight excluding hydrogens is 248 g/mol. The molecule has 1 fully saturated rings. The molecular formula is C13H16N2O2S. The Morgan fingerprint density at radius 2 is 2.50 bits per heavy atom. The molecule has 0 spiro atoms. The third-order valence-electron chi connectivity index (χ3n) is 3.19. The summed E-state index contributed by atoms with van der Waals surface area (Å²) in [4.78, 5) is 3.33. The zero-order valence-electron chi connectivity index (χ0n) is 10.1. The highest BCUT2D eigenvalue weighted by molar-refractivity contribution is 7.13. The number of piperidine rings is 1. The van der Waals surface area contributed by atoms with Crippen LogP contribution in [0.3, 0.4) is 0 Å². The van der Waals surface area contributed by atoms with Gasteiger partial charge >= 0.3 is 0 Å². The first-order chi connectivity index (χ1) is 8.81. The molecule has 1 aliphatic rings. The van der Waals surface area contributed by atoms with Gasteiger partial charge in [-0.1, -0.05) is 11.2 Å². The molecule has 0 aromatic carbocycles. The summed E-state index contributed by atoms with van der Waals surface area (Å²) in [6, 6.07) is 6.02. The van der Waals surface area contributed by atoms with Gasteiger partial charge in [-0.3, -0.25) is 4.90 Å². The quantitative estimate of drug-likeness (QED) is 0.924. The van der Waals surface area contributed by atoms with E-state index in [1.807, 2.05) is 23.6 Å². The van der Waals surface area contributed by atoms with Crippen LogP contribution in [-0.4, -0.2) is 34.4 Å². The normalized spacial score (nSPS) is 21.3. The average Bonchev–Trinajstić information content (AvgIpc) is 2.98. The van der Waals surface area contributed by atoms with E-state index in [-0.39, 0.29) is 6.10 Å². The van der Waals surface area contributed by atoms with Crippen molar-refractivity contribution in [3.05, 3.63) is 29.3 Å². The lowest BCUT2D eigenvalue weighted by Crippen LogP contribution is -2.37. The molecule has 0 aliphatic carbocycles. The van der Waals surface area contributed by atoms with E-state index in [1.165, 1.54) is 0 Å². The monoisotopic (exact) mass is 264 g/mol. The van der Waals surface area contributed by atoms with Crippen molar-refractivity contribution in [2.75, 3.05) is 13.1 Å². The summed E-state index contributed by atoms with van der Waals surface area (Å²) in [6.07, 6.45) is 1.77. The highest BCUT2D eigenvalue weighted by atomic mass is 32.1. The lowest BCUT2D eigenvalue weighted by atomic mass is 10.1. The van der Waals surface area contributed by atoms with Gasteiger partial charge in [-0.15, -0.1) is 11.3 Å². The number of aromatic nitrogens is 1. The number of nitrogens with zero attached hydrogens (tertiary/aromatic N) is 2. The van der Waals surface area contributed by atoms with Crippen LogP contribution in [-0.2, 0) is 6.54 Å². The summed E-state index contributed by atoms with van der Waals surface area (Å²) in [5.41, 5.74) is 0.938. The fourth-order valence-corrected chi connectivity index (χ4v) is 3.00. The second-order valence-electron chi connectivity index (χ2n) is 4.69. The molecule has 96 valence electrons. The molecule has 0 amide bonds. The second kappa shape index (κ2) is 5.22. The predicted octanol–water partition coefficient (Wildman–Crippen LogP) is 2.36. The fourth-order valence-electron chi connectivity index (χ4n) is 2.33. The van der Waals surface area contributed by atoms with Crippen molar-refractivity contribution in [2.45, 2.75) is 25.5 Å². The third-order valence-corrected chi connectivity index (χ3v) is 4.07. The molecule has 0 radical (unpaired) electrons. The van der Waals surface area contributed by atoms with E-state index in [9.17, 15) is 5.11 Å². The summed E-state index contributed by atoms with van der Waals surface area (Å²) < 4.78 is 5.35. The number of hydrogen-bond acceptors (Lipinski definition) is 5. The molecule has 1 N–H and O–H groups in total. The van der Waals surface area contributed by atoms with Crippen LogP contribution >= 0.6 is 11.3 Å². The molecule has 1 atom stereocenters. The maximum absolute atomic E-state index is 9.63. The molecule has 2 aromatic heterocycles. The molecule has 3 heterocycles. The number of aliphatic hydroxyl groups excluding tert-OH is 1. The second-order valence-corrected chi connectivity index (χ2v) is 5.64. The number of hydrogen-bond donors (Lipinski definition) is 1. The van der Waals surface area contributed by atoms with Gasteiger partial charge in [0.2, 0.25) is 0 Å². The Balaban J connectivity index is 1.66. The van der Waals surface area contributed by atoms with Crippen molar-refractivity contribution in [3.63, 3.8) is 0 Å². The van der Waals surface area contributed by atoms with Gasteiger partial charge in [-0.2, -0.15) is 0 Å². The summed E-state index contributed by atoms with van der Waals surface area (Å²) >= 11 is 1.65. The van der Waals surface area contributed by atoms with Crippen LogP contribution in [0.4, 0.5) is 0 Å². The molecule has 0 unspecified atom stereocenters. The number of β-amino-alcohol motifs (C(OH)–C–C–N with tert-alkyl or cyclic N) is 1. The van der Waals surface area contributed by atoms with Crippen LogP contribution in [0.25, 0.3) is 10.6 Å². The predicted molar refractivity (Wildman–Crippen MR) is 70.3 cm³/mol. The van der Waals surface area contributed by atoms with Crippen molar-refractivity contribution in [1.82, 2.24) is 10.1 Å². The van der Waals surface area contributed by atoms with Crippen LogP contribution in [0.15, 0.2) is 28.1 Å². The summed E-state index contributed by atoms with van der Waals surface area (Å²) in [5.74, 6) is 0.831. The summed E-state index contributed by atoms with van der Waals surface area (Å²) in [7, 11) is 0. The van der Waals surface area contributed by atoms with Gasteiger partial charge < -0.3 is 9.63 Å². The van der Waals surface area contributed by atoms with Crippen molar-refractivity contribution in [1.29, 1.82) is 0 Å². The molecule has 18 heavy (non-hydrogen) atoms. The largest absolute Gasteiger partial charge is 0.392 e. The Kier molecular flexibility index (Phi) is 3.45. The Morgan fingerprint density at radius 3 is 3.28 bits per heavy atom. The van der Waals surface area contributed by atoms with E-state index in [4.69, 9.17) is 4.52 Å². The minimum atomic E-state index is -0.192. The Hall–Kier alpha value is -1.17. The van der Waals surface area contributed by atoms with Gasteiger partial charge in [0.25, 0.3) is 0 Å². The SMILES string of the molecule is O[C@@H]1CCCN(Cc2cc(-c3cccs3)on2)C1. The van der Waals surface area contributed by atoms with Crippen molar-refractivity contribution in [2.24, 2.45) is 0 Å². The van der Waals surface area contributed by atoms with E-state index < -0.39 is 0 Å². The highest BCUT2D eigenvalue weighted by Crippen LogP contribution is 2.25. The van der Waals surface area contributed by atoms with Gasteiger partial charge in [0.05, 0.1) is 16.7 Å². The number of aliphatic hydroxyl groups is 1. The van der Waals surface area contributed by atoms with Gasteiger partial charge in [0.15, 0.2) is 5.76 Å². The lowest BCUT2D eigenvalue weighted by Gasteiger charge is -2.28. The topological polar surface area (TPSA) is 49.5 Å². The Morgan fingerprint density at radius 1 is 1.56 bits per heavy atom. The molecule has 2 aromatic rings. The number of likely N-dealkylation sites (tertiary alicyclic amines) is 1. The van der Waals surface area contributed by atoms with Crippen LogP contribution in [0, 0.1) is 0 Å². The fraction of sp³-hybridized carbons (Fsp3) is 0.462. The summed E-state index contributed by atoms with van der Waals surface area (Å²) in [5, 5.41) is 15.8. The summed E-state index contributed by atoms with van der Waals surface area (Å²) in [6.45, 7) is 2.52. The number of rotatable bonds is 3. The maximum Gasteiger partial charge on any atom is 0.177 e. The first kappa shape index (κ1) is 11.9. The van der Waals surface area contributed by atoms with Gasteiger partial charge in [-0.25, -0.2) is 0 Å². The minimum absolute atomic E-state index is 0.192. The first-order valence-corrected chi connectivity index (χ1v) is 7.09.